The number of rotatable bonds is 6. The van der Waals surface area contributed by atoms with E-state index in [2.05, 4.69) is 10.1 Å². The van der Waals surface area contributed by atoms with Crippen molar-refractivity contribution < 1.29 is 9.32 Å². The molecule has 1 amide bonds. The second-order valence-corrected chi connectivity index (χ2v) is 7.34. The summed E-state index contributed by atoms with van der Waals surface area (Å²) in [5, 5.41) is 5.51. The first kappa shape index (κ1) is 19.2. The molecule has 0 aliphatic rings. The fourth-order valence-electron chi connectivity index (χ4n) is 3.29. The molecule has 6 heteroatoms. The molecule has 0 fully saturated rings. The maximum absolute atomic E-state index is 12.9. The Labute approximate surface area is 173 Å². The van der Waals surface area contributed by atoms with Crippen LogP contribution in [0.2, 0.25) is 5.02 Å². The van der Waals surface area contributed by atoms with Crippen LogP contribution in [0.3, 0.4) is 0 Å². The van der Waals surface area contributed by atoms with Crippen molar-refractivity contribution in [3.8, 4) is 11.3 Å². The number of fused-ring (bicyclic) bond motifs is 1. The lowest BCUT2D eigenvalue weighted by Crippen LogP contribution is -2.28. The minimum Gasteiger partial charge on any atom is -0.361 e. The van der Waals surface area contributed by atoms with Gasteiger partial charge in [0.25, 0.3) is 5.91 Å². The Balaban J connectivity index is 1.40. The van der Waals surface area contributed by atoms with Gasteiger partial charge < -0.3 is 9.42 Å². The summed E-state index contributed by atoms with van der Waals surface area (Å²) in [6.45, 7) is 0.584. The van der Waals surface area contributed by atoms with Crippen LogP contribution in [0.4, 0.5) is 0 Å². The molecule has 0 radical (unpaired) electrons. The van der Waals surface area contributed by atoms with Crippen LogP contribution in [0.1, 0.15) is 22.5 Å². The maximum atomic E-state index is 12.9. The number of carbonyl (C=O) groups excluding carboxylic acids is 1. The summed E-state index contributed by atoms with van der Waals surface area (Å²) in [5.74, 6) is 0.707. The highest BCUT2D eigenvalue weighted by molar-refractivity contribution is 6.32. The molecule has 0 bridgehead atoms. The lowest BCUT2D eigenvalue weighted by Gasteiger charge is -2.18. The molecule has 0 spiro atoms. The molecule has 0 aliphatic heterocycles. The molecule has 2 aromatic carbocycles. The molecule has 29 heavy (non-hydrogen) atoms. The number of carbonyl (C=O) groups is 1. The molecule has 0 atom stereocenters. The summed E-state index contributed by atoms with van der Waals surface area (Å²) >= 11 is 6.19. The molecule has 4 rings (SSSR count). The highest BCUT2D eigenvalue weighted by atomic mass is 35.5. The van der Waals surface area contributed by atoms with Gasteiger partial charge in [-0.05, 0) is 24.6 Å². The Hall–Kier alpha value is -3.18. The standard InChI is InChI=1S/C23H20ClN3O2/c1-27(23(28)20-14-18(24)13-17-9-5-11-25-22(17)20)12-6-10-19-15-21(26-29-19)16-7-3-2-4-8-16/h2-5,7-9,11,13-15H,6,10,12H2,1H3. The summed E-state index contributed by atoms with van der Waals surface area (Å²) in [6, 6.07) is 19.1. The molecular weight excluding hydrogens is 386 g/mol. The summed E-state index contributed by atoms with van der Waals surface area (Å²) in [7, 11) is 1.79. The SMILES string of the molecule is CN(CCCc1cc(-c2ccccc2)no1)C(=O)c1cc(Cl)cc2cccnc12. The van der Waals surface area contributed by atoms with Gasteiger partial charge in [-0.1, -0.05) is 53.2 Å². The van der Waals surface area contributed by atoms with Crippen molar-refractivity contribution in [2.45, 2.75) is 12.8 Å². The number of aromatic nitrogens is 2. The van der Waals surface area contributed by atoms with Crippen LogP contribution < -0.4 is 0 Å². The van der Waals surface area contributed by atoms with Crippen LogP contribution in [-0.4, -0.2) is 34.5 Å². The van der Waals surface area contributed by atoms with Crippen LogP contribution in [0.25, 0.3) is 22.2 Å². The fraction of sp³-hybridized carbons (Fsp3) is 0.174. The van der Waals surface area contributed by atoms with Crippen molar-refractivity contribution in [3.05, 3.63) is 83.2 Å². The first-order valence-corrected chi connectivity index (χ1v) is 9.80. The molecule has 146 valence electrons. The van der Waals surface area contributed by atoms with Gasteiger partial charge in [0, 0.05) is 48.2 Å². The second-order valence-electron chi connectivity index (χ2n) is 6.90. The Morgan fingerprint density at radius 2 is 1.93 bits per heavy atom. The van der Waals surface area contributed by atoms with Gasteiger partial charge in [0.2, 0.25) is 0 Å². The number of aryl methyl sites for hydroxylation is 1. The predicted octanol–water partition coefficient (Wildman–Crippen LogP) is 5.25. The largest absolute Gasteiger partial charge is 0.361 e. The predicted molar refractivity (Wildman–Crippen MR) is 114 cm³/mol. The zero-order valence-corrected chi connectivity index (χ0v) is 16.8. The Bertz CT molecular complexity index is 1140. The minimum atomic E-state index is -0.0984. The molecule has 5 nitrogen and oxygen atoms in total. The highest BCUT2D eigenvalue weighted by Gasteiger charge is 2.17. The average Bonchev–Trinajstić information content (AvgIpc) is 3.22. The van der Waals surface area contributed by atoms with E-state index in [1.54, 1.807) is 24.2 Å². The summed E-state index contributed by atoms with van der Waals surface area (Å²) < 4.78 is 5.44. The summed E-state index contributed by atoms with van der Waals surface area (Å²) in [6.07, 6.45) is 3.14. The van der Waals surface area contributed by atoms with Crippen LogP contribution in [-0.2, 0) is 6.42 Å². The van der Waals surface area contributed by atoms with E-state index < -0.39 is 0 Å². The fourth-order valence-corrected chi connectivity index (χ4v) is 3.52. The van der Waals surface area contributed by atoms with Gasteiger partial charge in [-0.15, -0.1) is 0 Å². The van der Waals surface area contributed by atoms with E-state index in [0.29, 0.717) is 29.1 Å². The molecule has 2 heterocycles. The van der Waals surface area contributed by atoms with E-state index >= 15 is 0 Å². The normalized spacial score (nSPS) is 11.0. The second kappa shape index (κ2) is 8.45. The molecular formula is C23H20ClN3O2. The summed E-state index contributed by atoms with van der Waals surface area (Å²) in [5.41, 5.74) is 3.02. The van der Waals surface area contributed by atoms with Gasteiger partial charge in [0.05, 0.1) is 11.1 Å². The minimum absolute atomic E-state index is 0.0984. The van der Waals surface area contributed by atoms with Gasteiger partial charge in [-0.3, -0.25) is 9.78 Å². The lowest BCUT2D eigenvalue weighted by atomic mass is 10.1. The van der Waals surface area contributed by atoms with E-state index in [0.717, 1.165) is 28.8 Å². The molecule has 0 unspecified atom stereocenters. The first-order chi connectivity index (χ1) is 14.1. The van der Waals surface area contributed by atoms with Crippen LogP contribution in [0, 0.1) is 0 Å². The van der Waals surface area contributed by atoms with Crippen molar-refractivity contribution in [2.24, 2.45) is 0 Å². The number of halogens is 1. The van der Waals surface area contributed by atoms with Gasteiger partial charge in [0.15, 0.2) is 0 Å². The van der Waals surface area contributed by atoms with Gasteiger partial charge in [-0.2, -0.15) is 0 Å². The zero-order chi connectivity index (χ0) is 20.2. The third-order valence-corrected chi connectivity index (χ3v) is 5.01. The number of benzene rings is 2. The van der Waals surface area contributed by atoms with E-state index in [4.69, 9.17) is 16.1 Å². The Morgan fingerprint density at radius 3 is 2.76 bits per heavy atom. The maximum Gasteiger partial charge on any atom is 0.255 e. The third kappa shape index (κ3) is 4.30. The van der Waals surface area contributed by atoms with Crippen molar-refractivity contribution >= 4 is 28.4 Å². The molecule has 0 saturated heterocycles. The molecule has 0 aliphatic carbocycles. The molecule has 0 N–H and O–H groups in total. The Morgan fingerprint density at radius 1 is 1.10 bits per heavy atom. The van der Waals surface area contributed by atoms with Gasteiger partial charge in [-0.25, -0.2) is 0 Å². The van der Waals surface area contributed by atoms with E-state index in [1.807, 2.05) is 54.6 Å². The molecule has 2 aromatic heterocycles. The number of nitrogens with zero attached hydrogens (tertiary/aromatic N) is 3. The average molecular weight is 406 g/mol. The number of hydrogen-bond acceptors (Lipinski definition) is 4. The molecule has 0 saturated carbocycles. The number of pyridine rings is 1. The van der Waals surface area contributed by atoms with Crippen molar-refractivity contribution in [1.29, 1.82) is 0 Å². The van der Waals surface area contributed by atoms with Crippen molar-refractivity contribution in [1.82, 2.24) is 15.0 Å². The number of hydrogen-bond donors (Lipinski definition) is 0. The van der Waals surface area contributed by atoms with E-state index in [1.165, 1.54) is 0 Å². The lowest BCUT2D eigenvalue weighted by molar-refractivity contribution is 0.0794. The smallest absolute Gasteiger partial charge is 0.255 e. The zero-order valence-electron chi connectivity index (χ0n) is 16.0. The Kier molecular flexibility index (Phi) is 5.58. The summed E-state index contributed by atoms with van der Waals surface area (Å²) in [4.78, 5) is 19.0. The molecule has 4 aromatic rings. The van der Waals surface area contributed by atoms with Crippen molar-refractivity contribution in [3.63, 3.8) is 0 Å². The van der Waals surface area contributed by atoms with Crippen molar-refractivity contribution in [2.75, 3.05) is 13.6 Å². The van der Waals surface area contributed by atoms with Crippen LogP contribution in [0.5, 0.6) is 0 Å². The van der Waals surface area contributed by atoms with Gasteiger partial charge in [0.1, 0.15) is 11.5 Å². The first-order valence-electron chi connectivity index (χ1n) is 9.42. The van der Waals surface area contributed by atoms with E-state index in [-0.39, 0.29) is 5.91 Å². The number of amides is 1. The topological polar surface area (TPSA) is 59.2 Å². The highest BCUT2D eigenvalue weighted by Crippen LogP contribution is 2.24. The quantitative estimate of drug-likeness (QED) is 0.439. The monoisotopic (exact) mass is 405 g/mol. The third-order valence-electron chi connectivity index (χ3n) is 4.79. The van der Waals surface area contributed by atoms with Gasteiger partial charge >= 0.3 is 0 Å². The van der Waals surface area contributed by atoms with Crippen LogP contribution >= 0.6 is 11.6 Å². The van der Waals surface area contributed by atoms with E-state index in [9.17, 15) is 4.79 Å². The van der Waals surface area contributed by atoms with Crippen LogP contribution in [0.15, 0.2) is 71.4 Å².